The van der Waals surface area contributed by atoms with Gasteiger partial charge in [-0.1, -0.05) is 18.6 Å². The summed E-state index contributed by atoms with van der Waals surface area (Å²) in [5.41, 5.74) is 0.288. The number of para-hydroxylation sites is 2. The zero-order valence-electron chi connectivity index (χ0n) is 11.2. The van der Waals surface area contributed by atoms with Crippen molar-refractivity contribution in [2.45, 2.75) is 38.2 Å². The molecule has 2 rings (SSSR count). The summed E-state index contributed by atoms with van der Waals surface area (Å²) in [5.74, 6) is -0.366. The van der Waals surface area contributed by atoms with E-state index >= 15 is 0 Å². The van der Waals surface area contributed by atoms with Gasteiger partial charge in [0.15, 0.2) is 0 Å². The van der Waals surface area contributed by atoms with Crippen LogP contribution in [0.25, 0.3) is 0 Å². The number of carbonyl (C=O) groups is 1. The summed E-state index contributed by atoms with van der Waals surface area (Å²) >= 11 is 0. The third-order valence-electron chi connectivity index (χ3n) is 3.37. The summed E-state index contributed by atoms with van der Waals surface area (Å²) in [4.78, 5) is 22.1. The Morgan fingerprint density at radius 1 is 1.30 bits per heavy atom. The highest BCUT2D eigenvalue weighted by Gasteiger charge is 2.18. The Balaban J connectivity index is 1.85. The first-order valence-electron chi connectivity index (χ1n) is 6.83. The maximum atomic E-state index is 11.7. The molecule has 1 aromatic rings. The van der Waals surface area contributed by atoms with E-state index in [1.54, 1.807) is 18.2 Å². The normalized spacial score (nSPS) is 15.6. The summed E-state index contributed by atoms with van der Waals surface area (Å²) in [6.07, 6.45) is 5.21. The molecular formula is C14H18N2O4. The van der Waals surface area contributed by atoms with Crippen LogP contribution in [0.2, 0.25) is 0 Å². The Morgan fingerprint density at radius 3 is 2.70 bits per heavy atom. The molecule has 1 fully saturated rings. The molecular weight excluding hydrogens is 260 g/mol. The first kappa shape index (κ1) is 14.3. The van der Waals surface area contributed by atoms with Crippen molar-refractivity contribution in [3.8, 4) is 0 Å². The predicted molar refractivity (Wildman–Crippen MR) is 74.6 cm³/mol. The van der Waals surface area contributed by atoms with Gasteiger partial charge in [-0.25, -0.2) is 0 Å². The molecule has 6 heteroatoms. The number of hydrogen-bond donors (Lipinski definition) is 1. The van der Waals surface area contributed by atoms with Crippen LogP contribution < -0.4 is 5.32 Å². The standard InChI is InChI=1S/C14H18N2O4/c17-14(20-11-6-2-1-3-7-11)10-15-12-8-4-5-9-13(12)16(18)19/h4-5,8-9,11,15H,1-3,6-7,10H2. The van der Waals surface area contributed by atoms with E-state index < -0.39 is 4.92 Å². The number of esters is 1. The van der Waals surface area contributed by atoms with Crippen molar-refractivity contribution >= 4 is 17.3 Å². The fraction of sp³-hybridized carbons (Fsp3) is 0.500. The van der Waals surface area contributed by atoms with E-state index in [1.807, 2.05) is 0 Å². The van der Waals surface area contributed by atoms with Gasteiger partial charge >= 0.3 is 5.97 Å². The molecule has 1 N–H and O–H groups in total. The van der Waals surface area contributed by atoms with Crippen molar-refractivity contribution in [3.05, 3.63) is 34.4 Å². The molecule has 0 radical (unpaired) electrons. The van der Waals surface area contributed by atoms with Crippen LogP contribution in [0.3, 0.4) is 0 Å². The van der Waals surface area contributed by atoms with Gasteiger partial charge in [-0.3, -0.25) is 14.9 Å². The van der Waals surface area contributed by atoms with Crippen LogP contribution in [0.15, 0.2) is 24.3 Å². The van der Waals surface area contributed by atoms with E-state index in [0.29, 0.717) is 5.69 Å². The van der Waals surface area contributed by atoms with Crippen LogP contribution in [0.1, 0.15) is 32.1 Å². The van der Waals surface area contributed by atoms with Gasteiger partial charge in [-0.05, 0) is 31.7 Å². The highest BCUT2D eigenvalue weighted by Crippen LogP contribution is 2.23. The molecule has 1 aliphatic carbocycles. The first-order valence-corrected chi connectivity index (χ1v) is 6.83. The lowest BCUT2D eigenvalue weighted by Crippen LogP contribution is -2.25. The molecule has 0 saturated heterocycles. The minimum absolute atomic E-state index is 0.00353. The van der Waals surface area contributed by atoms with Gasteiger partial charge in [0, 0.05) is 6.07 Å². The smallest absolute Gasteiger partial charge is 0.325 e. The molecule has 0 bridgehead atoms. The van der Waals surface area contributed by atoms with Gasteiger partial charge in [-0.15, -0.1) is 0 Å². The third-order valence-corrected chi connectivity index (χ3v) is 3.37. The van der Waals surface area contributed by atoms with Gasteiger partial charge in [0.25, 0.3) is 5.69 Å². The largest absolute Gasteiger partial charge is 0.461 e. The number of nitrogens with zero attached hydrogens (tertiary/aromatic N) is 1. The number of nitro groups is 1. The molecule has 1 saturated carbocycles. The summed E-state index contributed by atoms with van der Waals surface area (Å²) in [6, 6.07) is 6.24. The number of nitrogens with one attached hydrogen (secondary N) is 1. The zero-order valence-corrected chi connectivity index (χ0v) is 11.2. The van der Waals surface area contributed by atoms with E-state index in [0.717, 1.165) is 25.7 Å². The van der Waals surface area contributed by atoms with E-state index in [1.165, 1.54) is 12.5 Å². The molecule has 108 valence electrons. The summed E-state index contributed by atoms with van der Waals surface area (Å²) in [5, 5.41) is 13.6. The number of rotatable bonds is 5. The Labute approximate surface area is 117 Å². The summed E-state index contributed by atoms with van der Waals surface area (Å²) in [7, 11) is 0. The van der Waals surface area contributed by atoms with Crippen molar-refractivity contribution in [1.29, 1.82) is 0 Å². The minimum Gasteiger partial charge on any atom is -0.461 e. The van der Waals surface area contributed by atoms with E-state index in [9.17, 15) is 14.9 Å². The monoisotopic (exact) mass is 278 g/mol. The van der Waals surface area contributed by atoms with Crippen LogP contribution in [0.4, 0.5) is 11.4 Å². The van der Waals surface area contributed by atoms with Crippen molar-refractivity contribution in [2.75, 3.05) is 11.9 Å². The highest BCUT2D eigenvalue weighted by molar-refractivity contribution is 5.76. The molecule has 1 aromatic carbocycles. The number of ether oxygens (including phenoxy) is 1. The second kappa shape index (κ2) is 6.88. The van der Waals surface area contributed by atoms with E-state index in [4.69, 9.17) is 4.74 Å². The Morgan fingerprint density at radius 2 is 2.00 bits per heavy atom. The maximum absolute atomic E-state index is 11.7. The molecule has 20 heavy (non-hydrogen) atoms. The van der Waals surface area contributed by atoms with E-state index in [-0.39, 0.29) is 24.3 Å². The predicted octanol–water partition coefficient (Wildman–Crippen LogP) is 2.88. The number of nitro benzene ring substituents is 1. The quantitative estimate of drug-likeness (QED) is 0.509. The molecule has 0 spiro atoms. The van der Waals surface area contributed by atoms with Gasteiger partial charge in [0.2, 0.25) is 0 Å². The maximum Gasteiger partial charge on any atom is 0.325 e. The second-order valence-corrected chi connectivity index (χ2v) is 4.88. The Bertz CT molecular complexity index is 484. The van der Waals surface area contributed by atoms with Gasteiger partial charge in [0.1, 0.15) is 18.3 Å². The lowest BCUT2D eigenvalue weighted by molar-refractivity contribution is -0.383. The van der Waals surface area contributed by atoms with Crippen LogP contribution in [0, 0.1) is 10.1 Å². The lowest BCUT2D eigenvalue weighted by atomic mass is 9.98. The average molecular weight is 278 g/mol. The van der Waals surface area contributed by atoms with Crippen molar-refractivity contribution in [1.82, 2.24) is 0 Å². The van der Waals surface area contributed by atoms with Gasteiger partial charge in [-0.2, -0.15) is 0 Å². The van der Waals surface area contributed by atoms with Crippen molar-refractivity contribution in [2.24, 2.45) is 0 Å². The van der Waals surface area contributed by atoms with Crippen LogP contribution in [-0.2, 0) is 9.53 Å². The fourth-order valence-electron chi connectivity index (χ4n) is 2.36. The molecule has 6 nitrogen and oxygen atoms in total. The topological polar surface area (TPSA) is 81.5 Å². The van der Waals surface area contributed by atoms with Gasteiger partial charge in [0.05, 0.1) is 4.92 Å². The van der Waals surface area contributed by atoms with Crippen LogP contribution in [-0.4, -0.2) is 23.5 Å². The molecule has 0 atom stereocenters. The molecule has 0 aliphatic heterocycles. The number of carbonyl (C=O) groups excluding carboxylic acids is 1. The lowest BCUT2D eigenvalue weighted by Gasteiger charge is -2.21. The zero-order chi connectivity index (χ0) is 14.4. The van der Waals surface area contributed by atoms with Crippen molar-refractivity contribution in [3.63, 3.8) is 0 Å². The number of hydrogen-bond acceptors (Lipinski definition) is 5. The average Bonchev–Trinajstić information content (AvgIpc) is 2.46. The molecule has 0 amide bonds. The molecule has 0 aromatic heterocycles. The minimum atomic E-state index is -0.477. The SMILES string of the molecule is O=C(CNc1ccccc1[N+](=O)[O-])OC1CCCCC1. The fourth-order valence-corrected chi connectivity index (χ4v) is 2.36. The second-order valence-electron chi connectivity index (χ2n) is 4.88. The van der Waals surface area contributed by atoms with E-state index in [2.05, 4.69) is 5.32 Å². The highest BCUT2D eigenvalue weighted by atomic mass is 16.6. The molecule has 1 aliphatic rings. The summed E-state index contributed by atoms with van der Waals surface area (Å²) < 4.78 is 5.34. The number of benzene rings is 1. The summed E-state index contributed by atoms with van der Waals surface area (Å²) in [6.45, 7) is -0.0542. The molecule has 0 unspecified atom stereocenters. The van der Waals surface area contributed by atoms with Gasteiger partial charge < -0.3 is 10.1 Å². The van der Waals surface area contributed by atoms with Crippen LogP contribution >= 0.6 is 0 Å². The number of anilines is 1. The van der Waals surface area contributed by atoms with Crippen molar-refractivity contribution < 1.29 is 14.5 Å². The molecule has 0 heterocycles. The van der Waals surface area contributed by atoms with Crippen LogP contribution in [0.5, 0.6) is 0 Å². The first-order chi connectivity index (χ1) is 9.66. The Hall–Kier alpha value is -2.11. The third kappa shape index (κ3) is 3.94. The Kier molecular flexibility index (Phi) is 4.92.